The number of aryl methyl sites for hydroxylation is 2. The maximum absolute atomic E-state index is 12.2. The molecule has 1 aliphatic rings. The molecule has 1 fully saturated rings. The van der Waals surface area contributed by atoms with Gasteiger partial charge in [-0.2, -0.15) is 0 Å². The summed E-state index contributed by atoms with van der Waals surface area (Å²) in [5, 5.41) is 6.64. The van der Waals surface area contributed by atoms with Crippen molar-refractivity contribution in [2.45, 2.75) is 26.8 Å². The number of nitrogens with zero attached hydrogens (tertiary/aromatic N) is 4. The van der Waals surface area contributed by atoms with E-state index in [9.17, 15) is 4.79 Å². The number of piperazine rings is 1. The zero-order valence-corrected chi connectivity index (χ0v) is 21.5. The van der Waals surface area contributed by atoms with Crippen molar-refractivity contribution in [1.29, 1.82) is 0 Å². The largest absolute Gasteiger partial charge is 0.497 e. The Hall–Kier alpha value is -3.85. The van der Waals surface area contributed by atoms with Crippen molar-refractivity contribution in [1.82, 2.24) is 14.9 Å². The van der Waals surface area contributed by atoms with Crippen LogP contribution >= 0.6 is 0 Å². The third kappa shape index (κ3) is 5.85. The molecular weight excluding hydrogens is 454 g/mol. The average molecular weight is 490 g/mol. The number of rotatable bonds is 9. The Morgan fingerprint density at radius 2 is 1.78 bits per heavy atom. The van der Waals surface area contributed by atoms with Gasteiger partial charge >= 0.3 is 0 Å². The van der Waals surface area contributed by atoms with Crippen LogP contribution in [0, 0.1) is 6.92 Å². The summed E-state index contributed by atoms with van der Waals surface area (Å²) >= 11 is 0. The van der Waals surface area contributed by atoms with E-state index in [1.54, 1.807) is 7.11 Å². The van der Waals surface area contributed by atoms with E-state index >= 15 is 0 Å². The standard InChI is InChI=1S/C27H35N7O2/c1-5-22-26(29-17-19-6-9-21(36-4)10-7-19)32-27(24(31-22)25(28)35)30-20-8-11-23(18(2)16-20)34-14-12-33(3)13-15-34/h6-11,16H,5,12-15,17H2,1-4H3,(H2,28,35)(H2,29,30,32). The number of hydrogen-bond donors (Lipinski definition) is 3. The predicted molar refractivity (Wildman–Crippen MR) is 144 cm³/mol. The van der Waals surface area contributed by atoms with Gasteiger partial charge < -0.3 is 30.9 Å². The molecule has 0 atom stereocenters. The van der Waals surface area contributed by atoms with Gasteiger partial charge in [-0.1, -0.05) is 19.1 Å². The third-order valence-electron chi connectivity index (χ3n) is 6.46. The van der Waals surface area contributed by atoms with E-state index in [2.05, 4.69) is 51.5 Å². The van der Waals surface area contributed by atoms with Crippen LogP contribution in [-0.4, -0.2) is 61.1 Å². The molecule has 0 spiro atoms. The molecule has 4 N–H and O–H groups in total. The summed E-state index contributed by atoms with van der Waals surface area (Å²) in [6.07, 6.45) is 0.608. The number of likely N-dealkylation sites (N-methyl/N-ethyl adjacent to an activating group) is 1. The first-order valence-electron chi connectivity index (χ1n) is 12.3. The molecule has 0 bridgehead atoms. The second kappa shape index (κ2) is 11.3. The van der Waals surface area contributed by atoms with Gasteiger partial charge in [0.2, 0.25) is 0 Å². The summed E-state index contributed by atoms with van der Waals surface area (Å²) < 4.78 is 5.23. The molecule has 4 rings (SSSR count). The van der Waals surface area contributed by atoms with Gasteiger partial charge in [-0.15, -0.1) is 0 Å². The van der Waals surface area contributed by atoms with Crippen LogP contribution in [0.4, 0.5) is 23.0 Å². The number of hydrogen-bond acceptors (Lipinski definition) is 8. The number of anilines is 4. The van der Waals surface area contributed by atoms with E-state index < -0.39 is 5.91 Å². The van der Waals surface area contributed by atoms with Gasteiger partial charge in [-0.3, -0.25) is 4.79 Å². The lowest BCUT2D eigenvalue weighted by Gasteiger charge is -2.35. The number of methoxy groups -OCH3 is 1. The fourth-order valence-corrected chi connectivity index (χ4v) is 4.32. The highest BCUT2D eigenvalue weighted by atomic mass is 16.5. The highest BCUT2D eigenvalue weighted by molar-refractivity contribution is 5.96. The summed E-state index contributed by atoms with van der Waals surface area (Å²) in [5.74, 6) is 1.14. The van der Waals surface area contributed by atoms with E-state index in [0.29, 0.717) is 30.3 Å². The van der Waals surface area contributed by atoms with Gasteiger partial charge in [0, 0.05) is 44.1 Å². The van der Waals surface area contributed by atoms with Crippen LogP contribution in [0.2, 0.25) is 0 Å². The van der Waals surface area contributed by atoms with Crippen LogP contribution in [0.3, 0.4) is 0 Å². The quantitative estimate of drug-likeness (QED) is 0.419. The third-order valence-corrected chi connectivity index (χ3v) is 6.46. The Morgan fingerprint density at radius 1 is 1.06 bits per heavy atom. The molecule has 0 radical (unpaired) electrons. The van der Waals surface area contributed by atoms with Crippen molar-refractivity contribution in [2.75, 3.05) is 55.9 Å². The lowest BCUT2D eigenvalue weighted by atomic mass is 10.1. The molecule has 0 aliphatic carbocycles. The average Bonchev–Trinajstić information content (AvgIpc) is 2.88. The van der Waals surface area contributed by atoms with E-state index in [0.717, 1.165) is 48.7 Å². The van der Waals surface area contributed by atoms with Gasteiger partial charge in [0.1, 0.15) is 5.75 Å². The van der Waals surface area contributed by atoms with Crippen molar-refractivity contribution in [3.05, 3.63) is 65.0 Å². The Bertz CT molecular complexity index is 1210. The number of nitrogens with one attached hydrogen (secondary N) is 2. The Kier molecular flexibility index (Phi) is 7.90. The maximum Gasteiger partial charge on any atom is 0.271 e. The zero-order valence-electron chi connectivity index (χ0n) is 21.5. The molecule has 0 saturated carbocycles. The van der Waals surface area contributed by atoms with Crippen molar-refractivity contribution < 1.29 is 9.53 Å². The topological polar surface area (TPSA) is 109 Å². The first-order chi connectivity index (χ1) is 17.4. The number of benzene rings is 2. The van der Waals surface area contributed by atoms with Crippen molar-refractivity contribution in [3.63, 3.8) is 0 Å². The van der Waals surface area contributed by atoms with E-state index in [1.165, 1.54) is 5.69 Å². The van der Waals surface area contributed by atoms with Crippen LogP contribution in [-0.2, 0) is 13.0 Å². The van der Waals surface area contributed by atoms with Crippen LogP contribution in [0.15, 0.2) is 42.5 Å². The Labute approximate surface area is 212 Å². The summed E-state index contributed by atoms with van der Waals surface area (Å²) in [6.45, 7) is 8.73. The summed E-state index contributed by atoms with van der Waals surface area (Å²) in [4.78, 5) is 26.3. The second-order valence-electron chi connectivity index (χ2n) is 9.05. The monoisotopic (exact) mass is 489 g/mol. The SMILES string of the molecule is CCc1nc(C(N)=O)c(Nc2ccc(N3CCN(C)CC3)c(C)c2)nc1NCc1ccc(OC)cc1. The number of ether oxygens (including phenoxy) is 1. The van der Waals surface area contributed by atoms with Crippen LogP contribution < -0.4 is 26.0 Å². The Morgan fingerprint density at radius 3 is 2.39 bits per heavy atom. The van der Waals surface area contributed by atoms with Gasteiger partial charge in [0.05, 0.1) is 12.8 Å². The number of amides is 1. The highest BCUT2D eigenvalue weighted by Gasteiger charge is 2.19. The van der Waals surface area contributed by atoms with Crippen LogP contribution in [0.1, 0.15) is 34.2 Å². The Balaban J connectivity index is 1.56. The second-order valence-corrected chi connectivity index (χ2v) is 9.05. The predicted octanol–water partition coefficient (Wildman–Crippen LogP) is 3.56. The lowest BCUT2D eigenvalue weighted by Crippen LogP contribution is -2.44. The van der Waals surface area contributed by atoms with Gasteiger partial charge in [-0.05, 0) is 61.9 Å². The van der Waals surface area contributed by atoms with Gasteiger partial charge in [0.25, 0.3) is 5.91 Å². The van der Waals surface area contributed by atoms with E-state index in [1.807, 2.05) is 37.3 Å². The number of aromatic nitrogens is 2. The fourth-order valence-electron chi connectivity index (χ4n) is 4.32. The van der Waals surface area contributed by atoms with Crippen LogP contribution in [0.5, 0.6) is 5.75 Å². The molecular formula is C27H35N7O2. The molecule has 1 amide bonds. The molecule has 9 nitrogen and oxygen atoms in total. The van der Waals surface area contributed by atoms with E-state index in [-0.39, 0.29) is 5.69 Å². The van der Waals surface area contributed by atoms with E-state index in [4.69, 9.17) is 15.5 Å². The zero-order chi connectivity index (χ0) is 25.7. The number of carbonyl (C=O) groups is 1. The number of carbonyl (C=O) groups excluding carboxylic acids is 1. The first kappa shape index (κ1) is 25.2. The smallest absolute Gasteiger partial charge is 0.271 e. The summed E-state index contributed by atoms with van der Waals surface area (Å²) in [5.41, 5.74) is 10.8. The van der Waals surface area contributed by atoms with Crippen molar-refractivity contribution in [3.8, 4) is 5.75 Å². The lowest BCUT2D eigenvalue weighted by molar-refractivity contribution is 0.0996. The van der Waals surface area contributed by atoms with Gasteiger partial charge in [0.15, 0.2) is 17.3 Å². The molecule has 2 heterocycles. The molecule has 9 heteroatoms. The van der Waals surface area contributed by atoms with Crippen LogP contribution in [0.25, 0.3) is 0 Å². The summed E-state index contributed by atoms with van der Waals surface area (Å²) in [6, 6.07) is 14.0. The minimum atomic E-state index is -0.618. The van der Waals surface area contributed by atoms with Crippen molar-refractivity contribution in [2.24, 2.45) is 5.73 Å². The number of primary amides is 1. The number of nitrogens with two attached hydrogens (primary N) is 1. The molecule has 3 aromatic rings. The maximum atomic E-state index is 12.2. The molecule has 2 aromatic carbocycles. The molecule has 0 unspecified atom stereocenters. The minimum Gasteiger partial charge on any atom is -0.497 e. The highest BCUT2D eigenvalue weighted by Crippen LogP contribution is 2.28. The molecule has 1 aromatic heterocycles. The first-order valence-corrected chi connectivity index (χ1v) is 12.3. The fraction of sp³-hybridized carbons (Fsp3) is 0.370. The summed E-state index contributed by atoms with van der Waals surface area (Å²) in [7, 11) is 3.80. The minimum absolute atomic E-state index is 0.127. The van der Waals surface area contributed by atoms with Crippen molar-refractivity contribution >= 4 is 28.9 Å². The normalized spacial score (nSPS) is 13.9. The molecule has 1 aliphatic heterocycles. The molecule has 190 valence electrons. The van der Waals surface area contributed by atoms with Gasteiger partial charge in [-0.25, -0.2) is 9.97 Å². The molecule has 36 heavy (non-hydrogen) atoms. The molecule has 1 saturated heterocycles.